The number of carbonyl (C=O) groups is 1. The lowest BCUT2D eigenvalue weighted by Gasteiger charge is -2.13. The fourth-order valence-electron chi connectivity index (χ4n) is 3.19. The number of nitrogens with one attached hydrogen (secondary N) is 3. The highest BCUT2D eigenvalue weighted by molar-refractivity contribution is 6.07. The molecule has 0 bridgehead atoms. The maximum absolute atomic E-state index is 12.9. The summed E-state index contributed by atoms with van der Waals surface area (Å²) >= 11 is 0. The molecule has 7 nitrogen and oxygen atoms in total. The number of fused-ring (bicyclic) bond motifs is 1. The minimum absolute atomic E-state index is 0.120. The van der Waals surface area contributed by atoms with Crippen molar-refractivity contribution in [1.29, 1.82) is 0 Å². The van der Waals surface area contributed by atoms with Gasteiger partial charge in [-0.1, -0.05) is 0 Å². The minimum atomic E-state index is -0.120. The Morgan fingerprint density at radius 1 is 1.32 bits per heavy atom. The normalized spacial score (nSPS) is 17.1. The number of phenolic OH excluding ortho intramolecular Hbond substituents is 1. The molecule has 2 aromatic heterocycles. The molecule has 4 N–H and O–H groups in total. The third-order valence-electron chi connectivity index (χ3n) is 4.51. The Bertz CT molecular complexity index is 927. The number of hydrogen-bond donors (Lipinski definition) is 4. The Balaban J connectivity index is 1.78. The highest BCUT2D eigenvalue weighted by Crippen LogP contribution is 2.27. The number of phenols is 1. The van der Waals surface area contributed by atoms with Gasteiger partial charge in [-0.05, 0) is 50.2 Å². The van der Waals surface area contributed by atoms with Gasteiger partial charge in [-0.3, -0.25) is 9.89 Å². The average molecular weight is 337 g/mol. The number of carbonyl (C=O) groups excluding carboxylic acids is 1. The van der Waals surface area contributed by atoms with Crippen molar-refractivity contribution in [2.24, 2.45) is 0 Å². The smallest absolute Gasteiger partial charge is 0.252 e. The molecule has 1 aliphatic rings. The van der Waals surface area contributed by atoms with Crippen LogP contribution in [-0.4, -0.2) is 45.3 Å². The zero-order valence-corrected chi connectivity index (χ0v) is 13.8. The second kappa shape index (κ2) is 6.18. The van der Waals surface area contributed by atoms with E-state index >= 15 is 0 Å². The van der Waals surface area contributed by atoms with Gasteiger partial charge in [-0.15, -0.1) is 0 Å². The minimum Gasteiger partial charge on any atom is -0.508 e. The summed E-state index contributed by atoms with van der Waals surface area (Å²) in [4.78, 5) is 17.4. The molecule has 1 unspecified atom stereocenters. The molecule has 128 valence electrons. The summed E-state index contributed by atoms with van der Waals surface area (Å²) in [7, 11) is 0. The molecule has 1 amide bonds. The Morgan fingerprint density at radius 2 is 2.12 bits per heavy atom. The van der Waals surface area contributed by atoms with E-state index in [1.54, 1.807) is 30.3 Å². The molecular weight excluding hydrogens is 318 g/mol. The Morgan fingerprint density at radius 3 is 2.84 bits per heavy atom. The second-order valence-electron chi connectivity index (χ2n) is 6.30. The van der Waals surface area contributed by atoms with Gasteiger partial charge >= 0.3 is 0 Å². The molecule has 1 fully saturated rings. The number of amides is 1. The molecule has 4 rings (SSSR count). The molecule has 25 heavy (non-hydrogen) atoms. The average Bonchev–Trinajstić information content (AvgIpc) is 3.25. The van der Waals surface area contributed by atoms with Gasteiger partial charge in [0, 0.05) is 18.2 Å². The quantitative estimate of drug-likeness (QED) is 0.583. The van der Waals surface area contributed by atoms with E-state index < -0.39 is 0 Å². The van der Waals surface area contributed by atoms with E-state index in [4.69, 9.17) is 0 Å². The second-order valence-corrected chi connectivity index (χ2v) is 6.30. The van der Waals surface area contributed by atoms with E-state index in [0.717, 1.165) is 36.2 Å². The number of aromatic nitrogens is 3. The lowest BCUT2D eigenvalue weighted by Crippen LogP contribution is -2.36. The van der Waals surface area contributed by atoms with Gasteiger partial charge in [0.15, 0.2) is 5.65 Å². The van der Waals surface area contributed by atoms with Gasteiger partial charge in [0.05, 0.1) is 22.3 Å². The highest BCUT2D eigenvalue weighted by atomic mass is 16.3. The van der Waals surface area contributed by atoms with E-state index in [2.05, 4.69) is 25.8 Å². The molecule has 1 aliphatic heterocycles. The van der Waals surface area contributed by atoms with Crippen LogP contribution in [0.1, 0.15) is 22.5 Å². The molecule has 3 aromatic rings. The monoisotopic (exact) mass is 337 g/mol. The SMILES string of the molecule is Cc1n[nH]c2nc(-c3ccc(O)cc3)cc(C(=O)NC3CCNC3)c12. The van der Waals surface area contributed by atoms with Crippen molar-refractivity contribution in [2.45, 2.75) is 19.4 Å². The lowest BCUT2D eigenvalue weighted by atomic mass is 10.0. The van der Waals surface area contributed by atoms with E-state index in [1.807, 2.05) is 6.92 Å². The number of nitrogens with zero attached hydrogens (tertiary/aromatic N) is 2. The summed E-state index contributed by atoms with van der Waals surface area (Å²) in [5, 5.41) is 23.6. The van der Waals surface area contributed by atoms with Crippen LogP contribution in [0.2, 0.25) is 0 Å². The standard InChI is InChI=1S/C18H19N5O2/c1-10-16-14(18(25)20-12-6-7-19-9-12)8-15(21-17(16)23-22-10)11-2-4-13(24)5-3-11/h2-5,8,12,19,24H,6-7,9H2,1H3,(H,20,25)(H,21,22,23). The van der Waals surface area contributed by atoms with Gasteiger partial charge < -0.3 is 15.7 Å². The van der Waals surface area contributed by atoms with Gasteiger partial charge in [0.2, 0.25) is 0 Å². The third-order valence-corrected chi connectivity index (χ3v) is 4.51. The van der Waals surface area contributed by atoms with Crippen LogP contribution in [0.25, 0.3) is 22.3 Å². The summed E-state index contributed by atoms with van der Waals surface area (Å²) in [5.41, 5.74) is 3.37. The van der Waals surface area contributed by atoms with Crippen molar-refractivity contribution >= 4 is 16.9 Å². The predicted octanol–water partition coefficient (Wildman–Crippen LogP) is 1.73. The van der Waals surface area contributed by atoms with Crippen LogP contribution < -0.4 is 10.6 Å². The summed E-state index contributed by atoms with van der Waals surface area (Å²) in [5.74, 6) is 0.0690. The Hall–Kier alpha value is -2.93. The molecular formula is C18H19N5O2. The maximum Gasteiger partial charge on any atom is 0.252 e. The topological polar surface area (TPSA) is 103 Å². The fourth-order valence-corrected chi connectivity index (χ4v) is 3.19. The molecule has 0 radical (unpaired) electrons. The van der Waals surface area contributed by atoms with Gasteiger partial charge in [0.1, 0.15) is 5.75 Å². The van der Waals surface area contributed by atoms with Crippen LogP contribution in [-0.2, 0) is 0 Å². The van der Waals surface area contributed by atoms with Crippen molar-refractivity contribution in [2.75, 3.05) is 13.1 Å². The molecule has 1 saturated heterocycles. The van der Waals surface area contributed by atoms with Gasteiger partial charge in [0.25, 0.3) is 5.91 Å². The van der Waals surface area contributed by atoms with Crippen LogP contribution >= 0.6 is 0 Å². The number of H-pyrrole nitrogens is 1. The Labute approximate surface area is 144 Å². The first-order valence-corrected chi connectivity index (χ1v) is 8.28. The van der Waals surface area contributed by atoms with Gasteiger partial charge in [-0.2, -0.15) is 5.10 Å². The van der Waals surface area contributed by atoms with E-state index in [1.165, 1.54) is 0 Å². The van der Waals surface area contributed by atoms with Crippen LogP contribution in [0, 0.1) is 6.92 Å². The number of pyridine rings is 1. The zero-order valence-electron chi connectivity index (χ0n) is 13.8. The molecule has 1 aromatic carbocycles. The molecule has 0 aliphatic carbocycles. The molecule has 0 spiro atoms. The Kier molecular flexibility index (Phi) is 3.85. The third kappa shape index (κ3) is 2.94. The maximum atomic E-state index is 12.9. The van der Waals surface area contributed by atoms with Gasteiger partial charge in [-0.25, -0.2) is 4.98 Å². The highest BCUT2D eigenvalue weighted by Gasteiger charge is 2.22. The van der Waals surface area contributed by atoms with Crippen LogP contribution in [0.5, 0.6) is 5.75 Å². The van der Waals surface area contributed by atoms with Crippen molar-refractivity contribution in [3.8, 4) is 17.0 Å². The number of hydrogen-bond acceptors (Lipinski definition) is 5. The number of aromatic hydroxyl groups is 1. The van der Waals surface area contributed by atoms with E-state index in [9.17, 15) is 9.90 Å². The molecule has 1 atom stereocenters. The molecule has 3 heterocycles. The van der Waals surface area contributed by atoms with Crippen molar-refractivity contribution in [1.82, 2.24) is 25.8 Å². The molecule has 0 saturated carbocycles. The lowest BCUT2D eigenvalue weighted by molar-refractivity contribution is 0.0941. The number of rotatable bonds is 3. The van der Waals surface area contributed by atoms with E-state index in [0.29, 0.717) is 16.9 Å². The van der Waals surface area contributed by atoms with Crippen LogP contribution in [0.3, 0.4) is 0 Å². The van der Waals surface area contributed by atoms with E-state index in [-0.39, 0.29) is 17.7 Å². The summed E-state index contributed by atoms with van der Waals surface area (Å²) < 4.78 is 0. The van der Waals surface area contributed by atoms with Crippen molar-refractivity contribution in [3.05, 3.63) is 41.6 Å². The first-order valence-electron chi connectivity index (χ1n) is 8.28. The van der Waals surface area contributed by atoms with Crippen LogP contribution in [0.4, 0.5) is 0 Å². The zero-order chi connectivity index (χ0) is 17.4. The van der Waals surface area contributed by atoms with Crippen LogP contribution in [0.15, 0.2) is 30.3 Å². The van der Waals surface area contributed by atoms with Crippen molar-refractivity contribution in [3.63, 3.8) is 0 Å². The number of aromatic amines is 1. The molecule has 7 heteroatoms. The summed E-state index contributed by atoms with van der Waals surface area (Å²) in [6.45, 7) is 3.56. The number of aryl methyl sites for hydroxylation is 1. The summed E-state index contributed by atoms with van der Waals surface area (Å²) in [6, 6.07) is 8.67. The predicted molar refractivity (Wildman–Crippen MR) is 94.5 cm³/mol. The number of benzene rings is 1. The first-order chi connectivity index (χ1) is 12.1. The largest absolute Gasteiger partial charge is 0.508 e. The van der Waals surface area contributed by atoms with Crippen molar-refractivity contribution < 1.29 is 9.90 Å². The fraction of sp³-hybridized carbons (Fsp3) is 0.278. The first kappa shape index (κ1) is 15.6. The summed E-state index contributed by atoms with van der Waals surface area (Å²) in [6.07, 6.45) is 0.926.